The van der Waals surface area contributed by atoms with E-state index in [4.69, 9.17) is 0 Å². The van der Waals surface area contributed by atoms with Crippen molar-refractivity contribution in [2.75, 3.05) is 5.32 Å². The van der Waals surface area contributed by atoms with E-state index in [-0.39, 0.29) is 11.5 Å². The lowest BCUT2D eigenvalue weighted by Gasteiger charge is -2.09. The van der Waals surface area contributed by atoms with Gasteiger partial charge in [0.2, 0.25) is 0 Å². The van der Waals surface area contributed by atoms with Crippen molar-refractivity contribution in [3.8, 4) is 0 Å². The van der Waals surface area contributed by atoms with Gasteiger partial charge in [0.1, 0.15) is 4.83 Å². The summed E-state index contributed by atoms with van der Waals surface area (Å²) in [5.41, 5.74) is 3.33. The lowest BCUT2D eigenvalue weighted by Crippen LogP contribution is -2.21. The molecule has 0 spiro atoms. The third-order valence-electron chi connectivity index (χ3n) is 5.74. The number of para-hydroxylation sites is 1. The molecule has 32 heavy (non-hydrogen) atoms. The number of carbonyl (C=O) groups is 1. The number of carbonyl (C=O) groups excluding carboxylic acids is 1. The average Bonchev–Trinajstić information content (AvgIpc) is 3.14. The van der Waals surface area contributed by atoms with Crippen molar-refractivity contribution in [1.82, 2.24) is 9.55 Å². The van der Waals surface area contributed by atoms with Crippen LogP contribution >= 0.6 is 11.3 Å². The van der Waals surface area contributed by atoms with Gasteiger partial charge in [-0.05, 0) is 47.4 Å². The van der Waals surface area contributed by atoms with Crippen molar-refractivity contribution in [2.24, 2.45) is 0 Å². The molecule has 0 aliphatic heterocycles. The fourth-order valence-electron chi connectivity index (χ4n) is 3.99. The summed E-state index contributed by atoms with van der Waals surface area (Å²) in [7, 11) is 0. The fraction of sp³-hybridized carbons (Fsp3) is 0.115. The number of anilines is 1. The summed E-state index contributed by atoms with van der Waals surface area (Å²) in [6.45, 7) is 4.18. The number of thiophene rings is 1. The minimum absolute atomic E-state index is 0.133. The fourth-order valence-corrected chi connectivity index (χ4v) is 5.03. The van der Waals surface area contributed by atoms with Crippen molar-refractivity contribution >= 4 is 43.9 Å². The zero-order valence-corrected chi connectivity index (χ0v) is 18.6. The molecule has 0 aliphatic rings. The van der Waals surface area contributed by atoms with Crippen LogP contribution in [-0.2, 0) is 6.54 Å². The van der Waals surface area contributed by atoms with Gasteiger partial charge in [0.15, 0.2) is 0 Å². The van der Waals surface area contributed by atoms with Crippen LogP contribution in [0.5, 0.6) is 0 Å². The summed E-state index contributed by atoms with van der Waals surface area (Å²) in [5, 5.41) is 5.71. The van der Waals surface area contributed by atoms with Gasteiger partial charge in [-0.3, -0.25) is 14.2 Å². The van der Waals surface area contributed by atoms with Crippen LogP contribution in [0.15, 0.2) is 77.9 Å². The predicted molar refractivity (Wildman–Crippen MR) is 131 cm³/mol. The smallest absolute Gasteiger partial charge is 0.266 e. The number of fused-ring (bicyclic) bond motifs is 2. The zero-order chi connectivity index (χ0) is 22.2. The highest BCUT2D eigenvalue weighted by molar-refractivity contribution is 7.20. The van der Waals surface area contributed by atoms with E-state index in [0.29, 0.717) is 27.2 Å². The standard InChI is InChI=1S/C26H21N3O2S/c1-16-8-3-6-13-21(16)28-24(30)23-17(2)22-25(32-23)27-15-29(26(22)31)14-19-11-7-10-18-9-4-5-12-20(18)19/h3-13,15H,14H2,1-2H3,(H,28,30). The van der Waals surface area contributed by atoms with Crippen LogP contribution in [-0.4, -0.2) is 15.5 Å². The molecule has 0 saturated heterocycles. The molecule has 5 aromatic rings. The normalized spacial score (nSPS) is 11.2. The summed E-state index contributed by atoms with van der Waals surface area (Å²) >= 11 is 1.25. The Balaban J connectivity index is 1.53. The maximum Gasteiger partial charge on any atom is 0.266 e. The van der Waals surface area contributed by atoms with Crippen LogP contribution in [0.4, 0.5) is 5.69 Å². The van der Waals surface area contributed by atoms with E-state index in [1.807, 2.05) is 62.4 Å². The van der Waals surface area contributed by atoms with Crippen molar-refractivity contribution in [3.63, 3.8) is 0 Å². The Labute approximate surface area is 189 Å². The number of hydrogen-bond donors (Lipinski definition) is 1. The van der Waals surface area contributed by atoms with Gasteiger partial charge in [0.25, 0.3) is 11.5 Å². The minimum Gasteiger partial charge on any atom is -0.321 e. The lowest BCUT2D eigenvalue weighted by molar-refractivity contribution is 0.103. The largest absolute Gasteiger partial charge is 0.321 e. The Morgan fingerprint density at radius 2 is 1.75 bits per heavy atom. The van der Waals surface area contributed by atoms with E-state index < -0.39 is 0 Å². The molecule has 0 aliphatic carbocycles. The molecule has 0 unspecified atom stereocenters. The van der Waals surface area contributed by atoms with E-state index >= 15 is 0 Å². The second kappa shape index (κ2) is 8.05. The lowest BCUT2D eigenvalue weighted by atomic mass is 10.0. The molecule has 0 saturated carbocycles. The average molecular weight is 440 g/mol. The number of nitrogens with one attached hydrogen (secondary N) is 1. The molecular weight excluding hydrogens is 418 g/mol. The van der Waals surface area contributed by atoms with Gasteiger partial charge in [-0.2, -0.15) is 0 Å². The van der Waals surface area contributed by atoms with Gasteiger partial charge >= 0.3 is 0 Å². The van der Waals surface area contributed by atoms with Gasteiger partial charge in [-0.25, -0.2) is 4.98 Å². The molecule has 0 radical (unpaired) electrons. The number of nitrogens with zero attached hydrogens (tertiary/aromatic N) is 2. The van der Waals surface area contributed by atoms with Gasteiger partial charge in [0.05, 0.1) is 23.1 Å². The number of hydrogen-bond acceptors (Lipinski definition) is 4. The Morgan fingerprint density at radius 1 is 1.00 bits per heavy atom. The molecule has 0 bridgehead atoms. The first-order valence-electron chi connectivity index (χ1n) is 10.3. The van der Waals surface area contributed by atoms with E-state index in [1.54, 1.807) is 10.9 Å². The van der Waals surface area contributed by atoms with Crippen molar-refractivity contribution in [2.45, 2.75) is 20.4 Å². The maximum absolute atomic E-state index is 13.3. The first-order chi connectivity index (χ1) is 15.5. The highest BCUT2D eigenvalue weighted by atomic mass is 32.1. The monoisotopic (exact) mass is 439 g/mol. The molecule has 2 heterocycles. The number of aromatic nitrogens is 2. The van der Waals surface area contributed by atoms with E-state index in [1.165, 1.54) is 11.3 Å². The number of rotatable bonds is 4. The topological polar surface area (TPSA) is 64.0 Å². The van der Waals surface area contributed by atoms with Crippen molar-refractivity contribution in [3.05, 3.63) is 105 Å². The zero-order valence-electron chi connectivity index (χ0n) is 17.8. The number of aryl methyl sites for hydroxylation is 2. The van der Waals surface area contributed by atoms with Gasteiger partial charge in [-0.1, -0.05) is 60.7 Å². The number of benzene rings is 3. The van der Waals surface area contributed by atoms with Gasteiger partial charge in [0, 0.05) is 5.69 Å². The summed E-state index contributed by atoms with van der Waals surface area (Å²) in [6, 6.07) is 21.8. The Bertz CT molecular complexity index is 1540. The minimum atomic E-state index is -0.222. The summed E-state index contributed by atoms with van der Waals surface area (Å²) in [5.74, 6) is -0.222. The third-order valence-corrected chi connectivity index (χ3v) is 6.94. The Hall–Kier alpha value is -3.77. The highest BCUT2D eigenvalue weighted by Crippen LogP contribution is 2.28. The second-order valence-corrected chi connectivity index (χ2v) is 8.82. The molecule has 1 amide bonds. The second-order valence-electron chi connectivity index (χ2n) is 7.82. The molecule has 2 aromatic heterocycles. The van der Waals surface area contributed by atoms with E-state index in [0.717, 1.165) is 27.6 Å². The molecule has 6 heteroatoms. The first-order valence-corrected chi connectivity index (χ1v) is 11.2. The van der Waals surface area contributed by atoms with Gasteiger partial charge in [-0.15, -0.1) is 11.3 Å². The number of amides is 1. The Kier molecular flexibility index (Phi) is 5.07. The van der Waals surface area contributed by atoms with Crippen LogP contribution in [0.25, 0.3) is 21.0 Å². The molecule has 0 atom stereocenters. The Morgan fingerprint density at radius 3 is 2.59 bits per heavy atom. The van der Waals surface area contributed by atoms with Crippen molar-refractivity contribution < 1.29 is 4.79 Å². The van der Waals surface area contributed by atoms with E-state index in [2.05, 4.69) is 28.5 Å². The predicted octanol–water partition coefficient (Wildman–Crippen LogP) is 5.53. The van der Waals surface area contributed by atoms with Gasteiger partial charge < -0.3 is 5.32 Å². The molecule has 3 aromatic carbocycles. The molecule has 158 valence electrons. The van der Waals surface area contributed by atoms with Crippen LogP contribution in [0.1, 0.15) is 26.4 Å². The van der Waals surface area contributed by atoms with Crippen LogP contribution in [0, 0.1) is 13.8 Å². The quantitative estimate of drug-likeness (QED) is 0.401. The summed E-state index contributed by atoms with van der Waals surface area (Å²) < 4.78 is 1.62. The molecule has 1 N–H and O–H groups in total. The first kappa shape index (κ1) is 20.2. The van der Waals surface area contributed by atoms with Crippen molar-refractivity contribution in [1.29, 1.82) is 0 Å². The SMILES string of the molecule is Cc1ccccc1NC(=O)c1sc2ncn(Cc3cccc4ccccc34)c(=O)c2c1C. The molecule has 0 fully saturated rings. The van der Waals surface area contributed by atoms with E-state index in [9.17, 15) is 9.59 Å². The third kappa shape index (κ3) is 3.48. The maximum atomic E-state index is 13.3. The summed E-state index contributed by atoms with van der Waals surface area (Å²) in [6.07, 6.45) is 1.57. The molecular formula is C26H21N3O2S. The highest BCUT2D eigenvalue weighted by Gasteiger charge is 2.20. The molecule has 5 rings (SSSR count). The summed E-state index contributed by atoms with van der Waals surface area (Å²) in [4.78, 5) is 31.9. The molecule has 5 nitrogen and oxygen atoms in total. The van der Waals surface area contributed by atoms with Crippen LogP contribution in [0.3, 0.4) is 0 Å². The van der Waals surface area contributed by atoms with Crippen LogP contribution in [0.2, 0.25) is 0 Å². The van der Waals surface area contributed by atoms with Crippen LogP contribution < -0.4 is 10.9 Å².